The van der Waals surface area contributed by atoms with Crippen molar-refractivity contribution in [2.75, 3.05) is 25.5 Å². The van der Waals surface area contributed by atoms with Gasteiger partial charge in [-0.25, -0.2) is 4.98 Å². The average Bonchev–Trinajstić information content (AvgIpc) is 2.80. The molecule has 1 aliphatic heterocycles. The van der Waals surface area contributed by atoms with Gasteiger partial charge in [-0.15, -0.1) is 11.3 Å². The number of rotatable bonds is 3. The summed E-state index contributed by atoms with van der Waals surface area (Å²) < 4.78 is 0. The normalized spacial score (nSPS) is 17.2. The van der Waals surface area contributed by atoms with E-state index in [1.165, 1.54) is 18.3 Å². The number of nitrogens with zero attached hydrogens (tertiary/aromatic N) is 2. The molecule has 0 bridgehead atoms. The van der Waals surface area contributed by atoms with Crippen molar-refractivity contribution in [1.29, 1.82) is 0 Å². The molecule has 104 valence electrons. The second kappa shape index (κ2) is 6.12. The third-order valence-corrected chi connectivity index (χ3v) is 3.83. The van der Waals surface area contributed by atoms with Crippen molar-refractivity contribution in [1.82, 2.24) is 15.2 Å². The highest BCUT2D eigenvalue weighted by Crippen LogP contribution is 2.16. The summed E-state index contributed by atoms with van der Waals surface area (Å²) in [6.45, 7) is 3.41. The van der Waals surface area contributed by atoms with Crippen molar-refractivity contribution in [2.45, 2.75) is 25.8 Å². The van der Waals surface area contributed by atoms with Gasteiger partial charge in [0.2, 0.25) is 5.91 Å². The van der Waals surface area contributed by atoms with Gasteiger partial charge in [0.1, 0.15) is 5.69 Å². The van der Waals surface area contributed by atoms with Crippen LogP contribution in [-0.4, -0.2) is 47.9 Å². The summed E-state index contributed by atoms with van der Waals surface area (Å²) in [5, 5.41) is 7.68. The lowest BCUT2D eigenvalue weighted by Crippen LogP contribution is -2.43. The zero-order chi connectivity index (χ0) is 13.8. The third-order valence-electron chi connectivity index (χ3n) is 3.07. The molecule has 6 nitrogen and oxygen atoms in total. The maximum atomic E-state index is 12.0. The number of amides is 2. The lowest BCUT2D eigenvalue weighted by atomic mass is 10.1. The van der Waals surface area contributed by atoms with Crippen molar-refractivity contribution in [2.24, 2.45) is 0 Å². The van der Waals surface area contributed by atoms with E-state index >= 15 is 0 Å². The van der Waals surface area contributed by atoms with Crippen LogP contribution in [0.5, 0.6) is 0 Å². The van der Waals surface area contributed by atoms with E-state index in [9.17, 15) is 9.59 Å². The van der Waals surface area contributed by atoms with Crippen LogP contribution in [-0.2, 0) is 4.79 Å². The predicted octanol–water partition coefficient (Wildman–Crippen LogP) is 0.925. The van der Waals surface area contributed by atoms with Gasteiger partial charge in [-0.05, 0) is 33.0 Å². The van der Waals surface area contributed by atoms with Crippen LogP contribution in [0.15, 0.2) is 5.38 Å². The van der Waals surface area contributed by atoms with Crippen molar-refractivity contribution < 1.29 is 9.59 Å². The number of piperidine rings is 1. The summed E-state index contributed by atoms with van der Waals surface area (Å²) in [5.41, 5.74) is 0.368. The summed E-state index contributed by atoms with van der Waals surface area (Å²) in [7, 11) is 2.08. The van der Waals surface area contributed by atoms with Crippen LogP contribution in [0.25, 0.3) is 0 Å². The van der Waals surface area contributed by atoms with Crippen LogP contribution in [0.4, 0.5) is 5.13 Å². The van der Waals surface area contributed by atoms with Crippen LogP contribution in [0, 0.1) is 0 Å². The summed E-state index contributed by atoms with van der Waals surface area (Å²) in [6, 6.07) is 0.217. The zero-order valence-corrected chi connectivity index (χ0v) is 11.9. The van der Waals surface area contributed by atoms with Crippen LogP contribution in [0.3, 0.4) is 0 Å². The minimum atomic E-state index is -0.184. The Bertz CT molecular complexity index is 466. The number of hydrogen-bond acceptors (Lipinski definition) is 5. The Morgan fingerprint density at radius 2 is 2.11 bits per heavy atom. The van der Waals surface area contributed by atoms with Gasteiger partial charge in [0, 0.05) is 18.3 Å². The number of anilines is 1. The number of nitrogens with one attached hydrogen (secondary N) is 2. The van der Waals surface area contributed by atoms with E-state index in [0.29, 0.717) is 10.8 Å². The Labute approximate surface area is 116 Å². The number of thiazole rings is 1. The second-order valence-corrected chi connectivity index (χ2v) is 5.63. The van der Waals surface area contributed by atoms with Gasteiger partial charge in [0.25, 0.3) is 5.91 Å². The second-order valence-electron chi connectivity index (χ2n) is 4.77. The molecule has 0 saturated carbocycles. The fourth-order valence-corrected chi connectivity index (χ4v) is 2.74. The number of aromatic nitrogens is 1. The fraction of sp³-hybridized carbons (Fsp3) is 0.583. The molecule has 1 aromatic heterocycles. The number of carbonyl (C=O) groups excluding carboxylic acids is 2. The molecule has 1 aromatic rings. The largest absolute Gasteiger partial charge is 0.348 e. The smallest absolute Gasteiger partial charge is 0.271 e. The van der Waals surface area contributed by atoms with Gasteiger partial charge < -0.3 is 15.5 Å². The predicted molar refractivity (Wildman–Crippen MR) is 74.4 cm³/mol. The van der Waals surface area contributed by atoms with E-state index in [1.54, 1.807) is 5.38 Å². The van der Waals surface area contributed by atoms with Crippen molar-refractivity contribution in [3.05, 3.63) is 11.1 Å². The molecule has 1 aliphatic rings. The summed E-state index contributed by atoms with van der Waals surface area (Å²) in [6.07, 6.45) is 1.93. The molecule has 0 aliphatic carbocycles. The summed E-state index contributed by atoms with van der Waals surface area (Å²) >= 11 is 1.26. The average molecular weight is 282 g/mol. The van der Waals surface area contributed by atoms with E-state index in [1.807, 2.05) is 0 Å². The van der Waals surface area contributed by atoms with E-state index in [0.717, 1.165) is 25.9 Å². The highest BCUT2D eigenvalue weighted by molar-refractivity contribution is 7.14. The van der Waals surface area contributed by atoms with Crippen molar-refractivity contribution in [3.8, 4) is 0 Å². The standard InChI is InChI=1S/C12H18N4O2S/c1-8(17)13-12-15-10(7-19-12)11(18)14-9-3-5-16(2)6-4-9/h7,9H,3-6H2,1-2H3,(H,14,18)(H,13,15,17). The first-order valence-electron chi connectivity index (χ1n) is 6.27. The van der Waals surface area contributed by atoms with E-state index in [2.05, 4.69) is 27.6 Å². The first-order chi connectivity index (χ1) is 9.04. The molecule has 0 atom stereocenters. The lowest BCUT2D eigenvalue weighted by molar-refractivity contribution is -0.114. The minimum absolute atomic E-state index is 0.164. The first kappa shape index (κ1) is 14.0. The SMILES string of the molecule is CC(=O)Nc1nc(C(=O)NC2CCN(C)CC2)cs1. The molecule has 0 unspecified atom stereocenters. The molecule has 1 fully saturated rings. The van der Waals surface area contributed by atoms with Gasteiger partial charge in [-0.3, -0.25) is 9.59 Å². The molecule has 0 radical (unpaired) electrons. The molecule has 19 heavy (non-hydrogen) atoms. The zero-order valence-electron chi connectivity index (χ0n) is 11.1. The van der Waals surface area contributed by atoms with Crippen molar-refractivity contribution in [3.63, 3.8) is 0 Å². The van der Waals surface area contributed by atoms with E-state index in [-0.39, 0.29) is 17.9 Å². The van der Waals surface area contributed by atoms with Gasteiger partial charge in [0.15, 0.2) is 5.13 Å². The maximum absolute atomic E-state index is 12.0. The molecule has 1 saturated heterocycles. The van der Waals surface area contributed by atoms with Gasteiger partial charge in [-0.1, -0.05) is 0 Å². The van der Waals surface area contributed by atoms with Gasteiger partial charge in [-0.2, -0.15) is 0 Å². The Hall–Kier alpha value is -1.47. The minimum Gasteiger partial charge on any atom is -0.348 e. The van der Waals surface area contributed by atoms with Crippen LogP contribution in [0.2, 0.25) is 0 Å². The van der Waals surface area contributed by atoms with Crippen molar-refractivity contribution >= 4 is 28.3 Å². The molecule has 2 amide bonds. The topological polar surface area (TPSA) is 74.3 Å². The number of hydrogen-bond donors (Lipinski definition) is 2. The van der Waals surface area contributed by atoms with Crippen LogP contribution in [0.1, 0.15) is 30.3 Å². The van der Waals surface area contributed by atoms with E-state index in [4.69, 9.17) is 0 Å². The van der Waals surface area contributed by atoms with Crippen LogP contribution < -0.4 is 10.6 Å². The summed E-state index contributed by atoms with van der Waals surface area (Å²) in [4.78, 5) is 29.2. The Kier molecular flexibility index (Phi) is 4.49. The molecule has 2 rings (SSSR count). The fourth-order valence-electron chi connectivity index (χ4n) is 2.00. The van der Waals surface area contributed by atoms with E-state index < -0.39 is 0 Å². The quantitative estimate of drug-likeness (QED) is 0.865. The summed E-state index contributed by atoms with van der Waals surface area (Å²) in [5.74, 6) is -0.348. The highest BCUT2D eigenvalue weighted by atomic mass is 32.1. The molecule has 7 heteroatoms. The lowest BCUT2D eigenvalue weighted by Gasteiger charge is -2.29. The molecule has 0 spiro atoms. The third kappa shape index (κ3) is 4.00. The van der Waals surface area contributed by atoms with Gasteiger partial charge in [0.05, 0.1) is 0 Å². The monoisotopic (exact) mass is 282 g/mol. The maximum Gasteiger partial charge on any atom is 0.271 e. The molecule has 2 N–H and O–H groups in total. The number of carbonyl (C=O) groups is 2. The Morgan fingerprint density at radius 1 is 1.42 bits per heavy atom. The molecular weight excluding hydrogens is 264 g/mol. The first-order valence-corrected chi connectivity index (χ1v) is 7.15. The van der Waals surface area contributed by atoms with Crippen LogP contribution >= 0.6 is 11.3 Å². The number of likely N-dealkylation sites (tertiary alicyclic amines) is 1. The highest BCUT2D eigenvalue weighted by Gasteiger charge is 2.20. The molecular formula is C12H18N4O2S. The Morgan fingerprint density at radius 3 is 2.74 bits per heavy atom. The Balaban J connectivity index is 1.89. The molecule has 0 aromatic carbocycles. The van der Waals surface area contributed by atoms with Gasteiger partial charge >= 0.3 is 0 Å². The molecule has 2 heterocycles.